The molecule has 1 heterocycles. The van der Waals surface area contributed by atoms with Crippen LogP contribution in [0.25, 0.3) is 0 Å². The second-order valence-corrected chi connectivity index (χ2v) is 7.53. The van der Waals surface area contributed by atoms with Crippen molar-refractivity contribution < 1.29 is 9.53 Å². The van der Waals surface area contributed by atoms with Gasteiger partial charge in [-0.1, -0.05) is 31.5 Å². The van der Waals surface area contributed by atoms with Gasteiger partial charge in [0, 0.05) is 17.0 Å². The number of thioether (sulfide) groups is 1. The average molecular weight is 344 g/mol. The van der Waals surface area contributed by atoms with Gasteiger partial charge >= 0.3 is 0 Å². The van der Waals surface area contributed by atoms with Gasteiger partial charge in [0.1, 0.15) is 10.8 Å². The molecule has 1 aromatic carbocycles. The molecule has 0 bridgehead atoms. The Morgan fingerprint density at radius 2 is 2.00 bits per heavy atom. The Kier molecular flexibility index (Phi) is 6.26. The lowest BCUT2D eigenvalue weighted by molar-refractivity contribution is 0.0936. The number of pyridine rings is 1. The van der Waals surface area contributed by atoms with Gasteiger partial charge in [0.25, 0.3) is 5.91 Å². The molecule has 4 nitrogen and oxygen atoms in total. The molecule has 1 unspecified atom stereocenters. The molecule has 0 saturated carbocycles. The minimum Gasteiger partial charge on any atom is -0.496 e. The van der Waals surface area contributed by atoms with Gasteiger partial charge in [-0.2, -0.15) is 0 Å². The smallest absolute Gasteiger partial charge is 0.254 e. The van der Waals surface area contributed by atoms with Crippen LogP contribution in [0.4, 0.5) is 0 Å². The van der Waals surface area contributed by atoms with E-state index >= 15 is 0 Å². The molecule has 0 aliphatic heterocycles. The Labute approximate surface area is 148 Å². The van der Waals surface area contributed by atoms with Gasteiger partial charge in [-0.3, -0.25) is 4.79 Å². The Hall–Kier alpha value is -2.01. The number of aromatic nitrogens is 1. The molecule has 1 atom stereocenters. The molecule has 0 aliphatic carbocycles. The highest BCUT2D eigenvalue weighted by Gasteiger charge is 2.18. The number of hydrogen-bond acceptors (Lipinski definition) is 4. The molecule has 0 saturated heterocycles. The van der Waals surface area contributed by atoms with Crippen molar-refractivity contribution in [3.05, 3.63) is 53.2 Å². The number of carbonyl (C=O) groups is 1. The van der Waals surface area contributed by atoms with Gasteiger partial charge in [-0.05, 0) is 32.0 Å². The number of nitrogens with zero attached hydrogens (tertiary/aromatic N) is 1. The highest BCUT2D eigenvalue weighted by molar-refractivity contribution is 7.99. The SMILES string of the molecule is COc1ccc(C)cc1C(C)NC(=O)c1cccnc1SC(C)C. The molecule has 0 radical (unpaired) electrons. The molecule has 2 rings (SSSR count). The third kappa shape index (κ3) is 4.51. The first kappa shape index (κ1) is 18.3. The maximum atomic E-state index is 12.7. The van der Waals surface area contributed by atoms with Gasteiger partial charge in [0.05, 0.1) is 18.7 Å². The van der Waals surface area contributed by atoms with Crippen molar-refractivity contribution in [3.8, 4) is 5.75 Å². The molecular weight excluding hydrogens is 320 g/mol. The maximum absolute atomic E-state index is 12.7. The van der Waals surface area contributed by atoms with Crippen LogP contribution in [0.1, 0.15) is 48.3 Å². The first-order valence-electron chi connectivity index (χ1n) is 7.99. The van der Waals surface area contributed by atoms with Crippen LogP contribution < -0.4 is 10.1 Å². The molecule has 1 amide bonds. The molecule has 1 aromatic heterocycles. The third-order valence-corrected chi connectivity index (χ3v) is 4.58. The molecule has 5 heteroatoms. The van der Waals surface area contributed by atoms with E-state index in [0.717, 1.165) is 21.9 Å². The molecular formula is C19H24N2O2S. The molecule has 128 valence electrons. The predicted molar refractivity (Wildman–Crippen MR) is 98.8 cm³/mol. The van der Waals surface area contributed by atoms with Gasteiger partial charge in [-0.15, -0.1) is 11.8 Å². The number of benzene rings is 1. The quantitative estimate of drug-likeness (QED) is 0.790. The number of carbonyl (C=O) groups excluding carboxylic acids is 1. The largest absolute Gasteiger partial charge is 0.496 e. The summed E-state index contributed by atoms with van der Waals surface area (Å²) < 4.78 is 5.42. The Bertz CT molecular complexity index is 716. The van der Waals surface area contributed by atoms with E-state index in [4.69, 9.17) is 4.74 Å². The van der Waals surface area contributed by atoms with Crippen LogP contribution >= 0.6 is 11.8 Å². The highest BCUT2D eigenvalue weighted by atomic mass is 32.2. The molecule has 2 aromatic rings. The van der Waals surface area contributed by atoms with Crippen molar-refractivity contribution >= 4 is 17.7 Å². The van der Waals surface area contributed by atoms with E-state index in [1.807, 2.05) is 38.1 Å². The summed E-state index contributed by atoms with van der Waals surface area (Å²) in [6.45, 7) is 8.15. The Morgan fingerprint density at radius 3 is 2.67 bits per heavy atom. The van der Waals surface area contributed by atoms with Gasteiger partial charge in [0.2, 0.25) is 0 Å². The number of aryl methyl sites for hydroxylation is 1. The lowest BCUT2D eigenvalue weighted by Gasteiger charge is -2.19. The van der Waals surface area contributed by atoms with Crippen LogP contribution in [-0.4, -0.2) is 23.3 Å². The second-order valence-electron chi connectivity index (χ2n) is 5.96. The van der Waals surface area contributed by atoms with Gasteiger partial charge in [0.15, 0.2) is 0 Å². The van der Waals surface area contributed by atoms with Gasteiger partial charge in [-0.25, -0.2) is 4.98 Å². The van der Waals surface area contributed by atoms with Crippen LogP contribution in [0.2, 0.25) is 0 Å². The molecule has 0 fully saturated rings. The summed E-state index contributed by atoms with van der Waals surface area (Å²) in [6.07, 6.45) is 1.72. The first-order valence-corrected chi connectivity index (χ1v) is 8.87. The van der Waals surface area contributed by atoms with Crippen LogP contribution in [0.5, 0.6) is 5.75 Å². The van der Waals surface area contributed by atoms with Crippen molar-refractivity contribution in [3.63, 3.8) is 0 Å². The lowest BCUT2D eigenvalue weighted by Crippen LogP contribution is -2.27. The zero-order valence-electron chi connectivity index (χ0n) is 14.8. The van der Waals surface area contributed by atoms with Crippen molar-refractivity contribution in [2.45, 2.75) is 44.0 Å². The van der Waals surface area contributed by atoms with Crippen molar-refractivity contribution in [2.75, 3.05) is 7.11 Å². The fourth-order valence-electron chi connectivity index (χ4n) is 2.43. The van der Waals surface area contributed by atoms with Gasteiger partial charge < -0.3 is 10.1 Å². The lowest BCUT2D eigenvalue weighted by atomic mass is 10.0. The number of rotatable bonds is 6. The van der Waals surface area contributed by atoms with Crippen LogP contribution in [-0.2, 0) is 0 Å². The Morgan fingerprint density at radius 1 is 1.25 bits per heavy atom. The zero-order chi connectivity index (χ0) is 17.7. The van der Waals surface area contributed by atoms with Crippen molar-refractivity contribution in [2.24, 2.45) is 0 Å². The summed E-state index contributed by atoms with van der Waals surface area (Å²) >= 11 is 1.59. The van der Waals surface area contributed by atoms with E-state index < -0.39 is 0 Å². The fraction of sp³-hybridized carbons (Fsp3) is 0.368. The summed E-state index contributed by atoms with van der Waals surface area (Å²) in [5.41, 5.74) is 2.70. The molecule has 24 heavy (non-hydrogen) atoms. The number of amides is 1. The first-order chi connectivity index (χ1) is 11.4. The second kappa shape index (κ2) is 8.20. The summed E-state index contributed by atoms with van der Waals surface area (Å²) in [6, 6.07) is 9.40. The van der Waals surface area contributed by atoms with Crippen LogP contribution in [0.3, 0.4) is 0 Å². The minimum absolute atomic E-state index is 0.123. The Balaban J connectivity index is 2.22. The molecule has 0 spiro atoms. The normalized spacial score (nSPS) is 12.1. The predicted octanol–water partition coefficient (Wildman–Crippen LogP) is 4.39. The third-order valence-electron chi connectivity index (χ3n) is 3.56. The summed E-state index contributed by atoms with van der Waals surface area (Å²) in [5, 5.41) is 4.18. The summed E-state index contributed by atoms with van der Waals surface area (Å²) in [5.74, 6) is 0.652. The van der Waals surface area contributed by atoms with Crippen LogP contribution in [0.15, 0.2) is 41.6 Å². The maximum Gasteiger partial charge on any atom is 0.254 e. The summed E-state index contributed by atoms with van der Waals surface area (Å²) in [4.78, 5) is 17.1. The van der Waals surface area contributed by atoms with E-state index in [9.17, 15) is 4.79 Å². The molecule has 1 N–H and O–H groups in total. The number of nitrogens with one attached hydrogen (secondary N) is 1. The van der Waals surface area contributed by atoms with E-state index in [0.29, 0.717) is 10.8 Å². The number of hydrogen-bond donors (Lipinski definition) is 1. The number of methoxy groups -OCH3 is 1. The topological polar surface area (TPSA) is 51.2 Å². The number of ether oxygens (including phenoxy) is 1. The van der Waals surface area contributed by atoms with E-state index in [-0.39, 0.29) is 11.9 Å². The summed E-state index contributed by atoms with van der Waals surface area (Å²) in [7, 11) is 1.64. The van der Waals surface area contributed by atoms with Crippen molar-refractivity contribution in [1.29, 1.82) is 0 Å². The standard InChI is InChI=1S/C19H24N2O2S/c1-12(2)24-19-15(7-6-10-20-19)18(22)21-14(4)16-11-13(3)8-9-17(16)23-5/h6-12,14H,1-5H3,(H,21,22). The fourth-order valence-corrected chi connectivity index (χ4v) is 3.28. The molecule has 0 aliphatic rings. The van der Waals surface area contributed by atoms with E-state index in [2.05, 4.69) is 24.1 Å². The minimum atomic E-state index is -0.163. The van der Waals surface area contributed by atoms with Crippen molar-refractivity contribution in [1.82, 2.24) is 10.3 Å². The monoisotopic (exact) mass is 344 g/mol. The zero-order valence-corrected chi connectivity index (χ0v) is 15.6. The van der Waals surface area contributed by atoms with E-state index in [1.165, 1.54) is 0 Å². The van der Waals surface area contributed by atoms with E-state index in [1.54, 1.807) is 31.1 Å². The average Bonchev–Trinajstić information content (AvgIpc) is 2.54. The highest BCUT2D eigenvalue weighted by Crippen LogP contribution is 2.28. The van der Waals surface area contributed by atoms with Crippen LogP contribution in [0, 0.1) is 6.92 Å².